The van der Waals surface area contributed by atoms with Gasteiger partial charge in [0.15, 0.2) is 0 Å². The third-order valence-corrected chi connectivity index (χ3v) is 4.38. The monoisotopic (exact) mass is 314 g/mol. The lowest BCUT2D eigenvalue weighted by atomic mass is 10.1. The third kappa shape index (κ3) is 2.80. The highest BCUT2D eigenvalue weighted by Crippen LogP contribution is 2.31. The largest absolute Gasteiger partial charge is 0.382 e. The predicted octanol–water partition coefficient (Wildman–Crippen LogP) is 3.22. The molecule has 0 saturated carbocycles. The lowest BCUT2D eigenvalue weighted by molar-refractivity contribution is 0.177. The standard InChI is InChI=1S/C16H18N4OS/c1-11-18-15(12-7-9-22-16(12)19-11)20(2)14(10-21-3)13-6-4-5-8-17-13/h4-9,14H,10H2,1-3H3/t14-/m0/s1. The first-order valence-electron chi connectivity index (χ1n) is 7.05. The summed E-state index contributed by atoms with van der Waals surface area (Å²) in [6.45, 7) is 2.46. The smallest absolute Gasteiger partial charge is 0.141 e. The molecule has 3 heterocycles. The number of ether oxygens (including phenoxy) is 1. The first kappa shape index (κ1) is 14.9. The highest BCUT2D eigenvalue weighted by Gasteiger charge is 2.22. The second kappa shape index (κ2) is 6.37. The van der Waals surface area contributed by atoms with Crippen molar-refractivity contribution in [3.8, 4) is 0 Å². The van der Waals surface area contributed by atoms with Crippen molar-refractivity contribution in [2.24, 2.45) is 0 Å². The Bertz CT molecular complexity index is 759. The van der Waals surface area contributed by atoms with Gasteiger partial charge in [0.25, 0.3) is 0 Å². The number of anilines is 1. The number of rotatable bonds is 5. The second-order valence-corrected chi connectivity index (χ2v) is 5.97. The number of likely N-dealkylation sites (N-methyl/N-ethyl adjacent to an activating group) is 1. The predicted molar refractivity (Wildman–Crippen MR) is 89.4 cm³/mol. The molecule has 0 saturated heterocycles. The van der Waals surface area contributed by atoms with Gasteiger partial charge in [-0.15, -0.1) is 11.3 Å². The van der Waals surface area contributed by atoms with Crippen molar-refractivity contribution in [3.63, 3.8) is 0 Å². The van der Waals surface area contributed by atoms with Crippen molar-refractivity contribution in [1.29, 1.82) is 0 Å². The number of aryl methyl sites for hydroxylation is 1. The second-order valence-electron chi connectivity index (χ2n) is 5.07. The van der Waals surface area contributed by atoms with E-state index in [4.69, 9.17) is 4.74 Å². The van der Waals surface area contributed by atoms with Crippen molar-refractivity contribution in [3.05, 3.63) is 47.4 Å². The summed E-state index contributed by atoms with van der Waals surface area (Å²) in [6.07, 6.45) is 1.80. The normalized spacial score (nSPS) is 12.5. The quantitative estimate of drug-likeness (QED) is 0.724. The number of pyridine rings is 1. The molecular formula is C16H18N4OS. The first-order chi connectivity index (χ1) is 10.7. The van der Waals surface area contributed by atoms with Gasteiger partial charge in [-0.3, -0.25) is 4.98 Å². The van der Waals surface area contributed by atoms with Gasteiger partial charge in [0.2, 0.25) is 0 Å². The van der Waals surface area contributed by atoms with Gasteiger partial charge in [0, 0.05) is 20.4 Å². The summed E-state index contributed by atoms with van der Waals surface area (Å²) in [4.78, 5) is 16.7. The Kier molecular flexibility index (Phi) is 4.31. The van der Waals surface area contributed by atoms with Crippen LogP contribution >= 0.6 is 11.3 Å². The van der Waals surface area contributed by atoms with Crippen LogP contribution in [0.15, 0.2) is 35.8 Å². The van der Waals surface area contributed by atoms with Crippen LogP contribution in [0.3, 0.4) is 0 Å². The van der Waals surface area contributed by atoms with Crippen LogP contribution in [0.1, 0.15) is 17.6 Å². The topological polar surface area (TPSA) is 51.1 Å². The fraction of sp³-hybridized carbons (Fsp3) is 0.312. The van der Waals surface area contributed by atoms with E-state index >= 15 is 0 Å². The van der Waals surface area contributed by atoms with Crippen LogP contribution in [-0.4, -0.2) is 35.7 Å². The minimum Gasteiger partial charge on any atom is -0.382 e. The molecule has 0 amide bonds. The zero-order valence-corrected chi connectivity index (χ0v) is 13.7. The van der Waals surface area contributed by atoms with Crippen LogP contribution in [0.5, 0.6) is 0 Å². The molecule has 0 aromatic carbocycles. The Morgan fingerprint density at radius 1 is 1.27 bits per heavy atom. The summed E-state index contributed by atoms with van der Waals surface area (Å²) in [5, 5.41) is 3.11. The maximum Gasteiger partial charge on any atom is 0.141 e. The van der Waals surface area contributed by atoms with Crippen LogP contribution in [0.4, 0.5) is 5.82 Å². The van der Waals surface area contributed by atoms with E-state index < -0.39 is 0 Å². The lowest BCUT2D eigenvalue weighted by Gasteiger charge is -2.28. The Hall–Kier alpha value is -2.05. The van der Waals surface area contributed by atoms with E-state index in [-0.39, 0.29) is 6.04 Å². The van der Waals surface area contributed by atoms with Crippen molar-refractivity contribution in [2.45, 2.75) is 13.0 Å². The van der Waals surface area contributed by atoms with Crippen LogP contribution in [0.2, 0.25) is 0 Å². The molecule has 0 aliphatic heterocycles. The zero-order valence-electron chi connectivity index (χ0n) is 12.9. The molecule has 0 aliphatic carbocycles. The molecule has 3 rings (SSSR count). The summed E-state index contributed by atoms with van der Waals surface area (Å²) < 4.78 is 5.40. The van der Waals surface area contributed by atoms with Crippen LogP contribution in [0.25, 0.3) is 10.2 Å². The van der Waals surface area contributed by atoms with Gasteiger partial charge in [0.05, 0.1) is 23.7 Å². The summed E-state index contributed by atoms with van der Waals surface area (Å²) in [6, 6.07) is 7.99. The molecule has 1 atom stereocenters. The van der Waals surface area contributed by atoms with E-state index in [0.717, 1.165) is 27.6 Å². The zero-order chi connectivity index (χ0) is 15.5. The lowest BCUT2D eigenvalue weighted by Crippen LogP contribution is -2.29. The van der Waals surface area contributed by atoms with E-state index in [1.165, 1.54) is 0 Å². The van der Waals surface area contributed by atoms with Crippen LogP contribution in [-0.2, 0) is 4.74 Å². The van der Waals surface area contributed by atoms with Gasteiger partial charge in [-0.2, -0.15) is 0 Å². The highest BCUT2D eigenvalue weighted by molar-refractivity contribution is 7.16. The van der Waals surface area contributed by atoms with Crippen molar-refractivity contribution in [2.75, 3.05) is 25.7 Å². The molecule has 0 aliphatic rings. The molecule has 5 nitrogen and oxygen atoms in total. The molecule has 0 fully saturated rings. The molecule has 0 unspecified atom stereocenters. The Morgan fingerprint density at radius 2 is 2.14 bits per heavy atom. The Labute approximate surface area is 133 Å². The molecule has 0 spiro atoms. The number of hydrogen-bond acceptors (Lipinski definition) is 6. The first-order valence-corrected chi connectivity index (χ1v) is 7.93. The molecule has 3 aromatic rings. The fourth-order valence-corrected chi connectivity index (χ4v) is 3.29. The molecular weight excluding hydrogens is 296 g/mol. The summed E-state index contributed by atoms with van der Waals surface area (Å²) in [5.41, 5.74) is 0.964. The molecule has 0 bridgehead atoms. The highest BCUT2D eigenvalue weighted by atomic mass is 32.1. The van der Waals surface area contributed by atoms with Crippen molar-refractivity contribution < 1.29 is 4.74 Å². The van der Waals surface area contributed by atoms with Gasteiger partial charge in [-0.05, 0) is 30.5 Å². The number of hydrogen-bond donors (Lipinski definition) is 0. The molecule has 6 heteroatoms. The summed E-state index contributed by atoms with van der Waals surface area (Å²) >= 11 is 1.63. The van der Waals surface area contributed by atoms with Crippen molar-refractivity contribution in [1.82, 2.24) is 15.0 Å². The maximum absolute atomic E-state index is 5.40. The van der Waals surface area contributed by atoms with Crippen molar-refractivity contribution >= 4 is 27.4 Å². The number of fused-ring (bicyclic) bond motifs is 1. The molecule has 0 radical (unpaired) electrons. The van der Waals surface area contributed by atoms with Crippen LogP contribution < -0.4 is 4.90 Å². The molecule has 3 aromatic heterocycles. The SMILES string of the molecule is COC[C@@H](c1ccccn1)N(C)c1nc(C)nc2sccc12. The Balaban J connectivity index is 2.05. The van der Waals surface area contributed by atoms with Gasteiger partial charge >= 0.3 is 0 Å². The fourth-order valence-electron chi connectivity index (χ4n) is 2.49. The minimum atomic E-state index is 0.00333. The Morgan fingerprint density at radius 3 is 2.86 bits per heavy atom. The average Bonchev–Trinajstić information content (AvgIpc) is 3.00. The minimum absolute atomic E-state index is 0.00333. The van der Waals surface area contributed by atoms with Crippen LogP contribution in [0, 0.1) is 6.92 Å². The molecule has 114 valence electrons. The van der Waals surface area contributed by atoms with E-state index in [1.807, 2.05) is 37.6 Å². The number of nitrogens with zero attached hydrogens (tertiary/aromatic N) is 4. The molecule has 0 N–H and O–H groups in total. The molecule has 22 heavy (non-hydrogen) atoms. The summed E-state index contributed by atoms with van der Waals surface area (Å²) in [5.74, 6) is 1.69. The number of methoxy groups -OCH3 is 1. The number of thiophene rings is 1. The summed E-state index contributed by atoms with van der Waals surface area (Å²) in [7, 11) is 3.73. The van der Waals surface area contributed by atoms with Gasteiger partial charge in [0.1, 0.15) is 16.5 Å². The van der Waals surface area contributed by atoms with E-state index in [9.17, 15) is 0 Å². The number of aromatic nitrogens is 3. The third-order valence-electron chi connectivity index (χ3n) is 3.57. The van der Waals surface area contributed by atoms with E-state index in [0.29, 0.717) is 6.61 Å². The van der Waals surface area contributed by atoms with Gasteiger partial charge in [-0.1, -0.05) is 6.07 Å². The van der Waals surface area contributed by atoms with E-state index in [2.05, 4.69) is 25.9 Å². The van der Waals surface area contributed by atoms with Gasteiger partial charge in [-0.25, -0.2) is 9.97 Å². The van der Waals surface area contributed by atoms with Gasteiger partial charge < -0.3 is 9.64 Å². The van der Waals surface area contributed by atoms with E-state index in [1.54, 1.807) is 24.6 Å². The maximum atomic E-state index is 5.40. The average molecular weight is 314 g/mol.